The molecular weight excluding hydrogens is 612 g/mol. The number of hydrogen-bond donors (Lipinski definition) is 0. The first-order valence-corrected chi connectivity index (χ1v) is 16.9. The van der Waals surface area contributed by atoms with Gasteiger partial charge in [-0.2, -0.15) is 0 Å². The van der Waals surface area contributed by atoms with Crippen LogP contribution in [0.1, 0.15) is 27.8 Å². The number of ether oxygens (including phenoxy) is 6. The highest BCUT2D eigenvalue weighted by atomic mass is 16.7. The van der Waals surface area contributed by atoms with Crippen molar-refractivity contribution < 1.29 is 28.4 Å². The van der Waals surface area contributed by atoms with Crippen LogP contribution >= 0.6 is 0 Å². The fourth-order valence-corrected chi connectivity index (χ4v) is 5.78. The fraction of sp³-hybridized carbons (Fsp3) is 0.256. The minimum Gasteiger partial charge on any atom is -0.374 e. The third-order valence-corrected chi connectivity index (χ3v) is 8.31. The van der Waals surface area contributed by atoms with Gasteiger partial charge in [-0.25, -0.2) is 0 Å². The summed E-state index contributed by atoms with van der Waals surface area (Å²) in [6.45, 7) is 2.17. The quantitative estimate of drug-likeness (QED) is 0.100. The van der Waals surface area contributed by atoms with Gasteiger partial charge < -0.3 is 28.4 Å². The molecule has 5 aromatic carbocycles. The van der Waals surface area contributed by atoms with Crippen molar-refractivity contribution in [1.82, 2.24) is 0 Å². The molecule has 0 saturated carbocycles. The molecule has 1 aliphatic rings. The van der Waals surface area contributed by atoms with Crippen molar-refractivity contribution in [2.75, 3.05) is 13.2 Å². The van der Waals surface area contributed by atoms with Crippen LogP contribution in [0.5, 0.6) is 0 Å². The van der Waals surface area contributed by atoms with Gasteiger partial charge in [-0.3, -0.25) is 0 Å². The summed E-state index contributed by atoms with van der Waals surface area (Å²) in [5.74, 6) is 0. The van der Waals surface area contributed by atoms with Crippen LogP contribution in [0.4, 0.5) is 0 Å². The average Bonchev–Trinajstić information content (AvgIpc) is 3.16. The lowest BCUT2D eigenvalue weighted by atomic mass is 9.97. The van der Waals surface area contributed by atoms with Crippen molar-refractivity contribution in [1.29, 1.82) is 0 Å². The molecule has 49 heavy (non-hydrogen) atoms. The zero-order valence-corrected chi connectivity index (χ0v) is 27.7. The van der Waals surface area contributed by atoms with Crippen LogP contribution in [0.2, 0.25) is 0 Å². The van der Waals surface area contributed by atoms with E-state index in [0.29, 0.717) is 33.0 Å². The van der Waals surface area contributed by atoms with E-state index in [1.54, 1.807) is 0 Å². The van der Waals surface area contributed by atoms with Crippen molar-refractivity contribution in [3.8, 4) is 0 Å². The summed E-state index contributed by atoms with van der Waals surface area (Å²) in [6, 6.07) is 50.7. The molecule has 6 nitrogen and oxygen atoms in total. The lowest BCUT2D eigenvalue weighted by molar-refractivity contribution is -0.326. The van der Waals surface area contributed by atoms with Crippen LogP contribution in [0, 0.1) is 0 Å². The molecule has 0 radical (unpaired) electrons. The molecule has 252 valence electrons. The maximum atomic E-state index is 6.79. The number of rotatable bonds is 17. The van der Waals surface area contributed by atoms with E-state index in [4.69, 9.17) is 28.4 Å². The lowest BCUT2D eigenvalue weighted by Crippen LogP contribution is -2.61. The molecule has 5 atom stereocenters. The van der Waals surface area contributed by atoms with Crippen molar-refractivity contribution in [2.45, 2.75) is 57.1 Å². The van der Waals surface area contributed by atoms with Crippen molar-refractivity contribution in [3.05, 3.63) is 186 Å². The first-order chi connectivity index (χ1) is 24.3. The Kier molecular flexibility index (Phi) is 13.3. The smallest absolute Gasteiger partial charge is 0.187 e. The second-order valence-electron chi connectivity index (χ2n) is 12.0. The van der Waals surface area contributed by atoms with E-state index in [-0.39, 0.29) is 6.61 Å². The number of hydrogen-bond acceptors (Lipinski definition) is 6. The highest BCUT2D eigenvalue weighted by molar-refractivity contribution is 5.48. The van der Waals surface area contributed by atoms with Gasteiger partial charge in [-0.15, -0.1) is 0 Å². The Hall–Kier alpha value is -4.40. The van der Waals surface area contributed by atoms with Gasteiger partial charge in [0.1, 0.15) is 24.4 Å². The van der Waals surface area contributed by atoms with Crippen LogP contribution in [0.25, 0.3) is 6.08 Å². The summed E-state index contributed by atoms with van der Waals surface area (Å²) in [5, 5.41) is 0. The van der Waals surface area contributed by atoms with Gasteiger partial charge in [0.15, 0.2) is 6.29 Å². The molecule has 5 aromatic rings. The average molecular weight is 657 g/mol. The summed E-state index contributed by atoms with van der Waals surface area (Å²) >= 11 is 0. The zero-order valence-electron chi connectivity index (χ0n) is 27.7. The highest BCUT2D eigenvalue weighted by Gasteiger charge is 2.49. The van der Waals surface area contributed by atoms with Gasteiger partial charge >= 0.3 is 0 Å². The van der Waals surface area contributed by atoms with E-state index >= 15 is 0 Å². The maximum Gasteiger partial charge on any atom is 0.187 e. The van der Waals surface area contributed by atoms with Gasteiger partial charge in [0.2, 0.25) is 0 Å². The van der Waals surface area contributed by atoms with E-state index in [1.807, 2.05) is 115 Å². The SMILES string of the molecule is C(=C\c1ccccc1)/CO[C@H]1O[C@H](COCc2ccccc2)[C@@H](OCc2ccccc2)[C@H](OCc2ccccc2)[C@H]1OCc1ccccc1. The Morgan fingerprint density at radius 1 is 0.449 bits per heavy atom. The van der Waals surface area contributed by atoms with Crippen molar-refractivity contribution >= 4 is 6.08 Å². The van der Waals surface area contributed by atoms with Crippen LogP contribution in [0.3, 0.4) is 0 Å². The molecule has 0 bridgehead atoms. The third-order valence-electron chi connectivity index (χ3n) is 8.31. The largest absolute Gasteiger partial charge is 0.374 e. The standard InChI is InChI=1S/C43H44O6/c1-6-17-34(18-7-1)27-16-28-45-43-42(48-32-38-25-14-5-15-26-38)41(47-31-37-23-12-4-13-24-37)40(46-30-36-21-10-3-11-22-36)39(49-43)33-44-29-35-19-8-2-9-20-35/h1-27,39-43H,28-33H2/b27-16+/t39-,40-,41+,42-,43+/m1/s1. The summed E-state index contributed by atoms with van der Waals surface area (Å²) < 4.78 is 39.7. The Morgan fingerprint density at radius 2 is 0.878 bits per heavy atom. The number of benzene rings is 5. The summed E-state index contributed by atoms with van der Waals surface area (Å²) in [7, 11) is 0. The molecule has 6 rings (SSSR count). The first kappa shape index (κ1) is 34.5. The topological polar surface area (TPSA) is 55.4 Å². The Morgan fingerprint density at radius 3 is 1.39 bits per heavy atom. The first-order valence-electron chi connectivity index (χ1n) is 16.9. The molecule has 0 amide bonds. The van der Waals surface area contributed by atoms with Gasteiger partial charge in [0.25, 0.3) is 0 Å². The van der Waals surface area contributed by atoms with E-state index < -0.39 is 30.7 Å². The molecular formula is C43H44O6. The predicted octanol–water partition coefficient (Wildman–Crippen LogP) is 8.41. The molecule has 1 aliphatic heterocycles. The van der Waals surface area contributed by atoms with Crippen LogP contribution in [-0.2, 0) is 54.8 Å². The van der Waals surface area contributed by atoms with Crippen LogP contribution in [0.15, 0.2) is 158 Å². The Labute approximate surface area is 289 Å². The Balaban J connectivity index is 1.27. The van der Waals surface area contributed by atoms with E-state index in [2.05, 4.69) is 48.5 Å². The predicted molar refractivity (Wildman–Crippen MR) is 191 cm³/mol. The lowest BCUT2D eigenvalue weighted by Gasteiger charge is -2.45. The van der Waals surface area contributed by atoms with Gasteiger partial charge in [0.05, 0.1) is 39.6 Å². The van der Waals surface area contributed by atoms with Crippen molar-refractivity contribution in [3.63, 3.8) is 0 Å². The summed E-state index contributed by atoms with van der Waals surface area (Å²) in [6.07, 6.45) is 1.15. The molecule has 0 spiro atoms. The molecule has 0 N–H and O–H groups in total. The minimum absolute atomic E-state index is 0.282. The monoisotopic (exact) mass is 656 g/mol. The van der Waals surface area contributed by atoms with Gasteiger partial charge in [0, 0.05) is 0 Å². The minimum atomic E-state index is -0.744. The van der Waals surface area contributed by atoms with Crippen LogP contribution in [-0.4, -0.2) is 43.9 Å². The molecule has 1 saturated heterocycles. The van der Waals surface area contributed by atoms with Crippen LogP contribution < -0.4 is 0 Å². The maximum absolute atomic E-state index is 6.79. The fourth-order valence-electron chi connectivity index (χ4n) is 5.78. The Bertz CT molecular complexity index is 1630. The summed E-state index contributed by atoms with van der Waals surface area (Å²) in [4.78, 5) is 0. The third kappa shape index (κ3) is 10.8. The normalized spacial score (nSPS) is 20.8. The van der Waals surface area contributed by atoms with Crippen molar-refractivity contribution in [2.24, 2.45) is 0 Å². The molecule has 0 unspecified atom stereocenters. The van der Waals surface area contributed by atoms with E-state index in [0.717, 1.165) is 27.8 Å². The molecule has 1 fully saturated rings. The van der Waals surface area contributed by atoms with E-state index in [1.165, 1.54) is 0 Å². The van der Waals surface area contributed by atoms with E-state index in [9.17, 15) is 0 Å². The van der Waals surface area contributed by atoms with Gasteiger partial charge in [-0.1, -0.05) is 164 Å². The second-order valence-corrected chi connectivity index (χ2v) is 12.0. The zero-order chi connectivity index (χ0) is 33.4. The molecule has 6 heteroatoms. The second kappa shape index (κ2) is 19.0. The molecule has 1 heterocycles. The summed E-state index contributed by atoms with van der Waals surface area (Å²) in [5.41, 5.74) is 5.33. The molecule has 0 aliphatic carbocycles. The highest BCUT2D eigenvalue weighted by Crippen LogP contribution is 2.31. The molecule has 0 aromatic heterocycles. The van der Waals surface area contributed by atoms with Gasteiger partial charge in [-0.05, 0) is 27.8 Å².